The van der Waals surface area contributed by atoms with Crippen molar-refractivity contribution in [3.63, 3.8) is 0 Å². The number of nitrogens with two attached hydrogens (primary N) is 1. The fourth-order valence-electron chi connectivity index (χ4n) is 1.28. The fraction of sp³-hybridized carbons (Fsp3) is 0.875. The van der Waals surface area contributed by atoms with Crippen LogP contribution in [0.15, 0.2) is 0 Å². The normalized spacial score (nSPS) is 31.5. The van der Waals surface area contributed by atoms with Gasteiger partial charge in [-0.1, -0.05) is 6.92 Å². The highest BCUT2D eigenvalue weighted by molar-refractivity contribution is 5.74. The lowest BCUT2D eigenvalue weighted by Gasteiger charge is -2.10. The molecule has 1 amide bonds. The van der Waals surface area contributed by atoms with Gasteiger partial charge in [-0.2, -0.15) is 0 Å². The maximum atomic E-state index is 10.5. The van der Waals surface area contributed by atoms with Crippen molar-refractivity contribution in [1.29, 1.82) is 0 Å². The number of rotatable bonds is 4. The molecule has 3 unspecified atom stereocenters. The molecule has 0 saturated heterocycles. The van der Waals surface area contributed by atoms with Crippen molar-refractivity contribution in [3.05, 3.63) is 0 Å². The number of hydrogen-bond acceptors (Lipinski definition) is 2. The predicted molar refractivity (Wildman–Crippen MR) is 44.0 cm³/mol. The summed E-state index contributed by atoms with van der Waals surface area (Å²) in [6.07, 6.45) is 1.69. The summed E-state index contributed by atoms with van der Waals surface area (Å²) < 4.78 is 0. The van der Waals surface area contributed by atoms with Gasteiger partial charge in [-0.25, -0.2) is 0 Å². The van der Waals surface area contributed by atoms with E-state index in [4.69, 9.17) is 5.73 Å². The van der Waals surface area contributed by atoms with Gasteiger partial charge in [-0.15, -0.1) is 0 Å². The molecular formula is C8H16N2O. The number of amides is 1. The van der Waals surface area contributed by atoms with Gasteiger partial charge >= 0.3 is 0 Å². The van der Waals surface area contributed by atoms with Crippen LogP contribution in [0, 0.1) is 5.92 Å². The lowest BCUT2D eigenvalue weighted by atomic mass is 10.2. The van der Waals surface area contributed by atoms with Gasteiger partial charge < -0.3 is 11.1 Å². The lowest BCUT2D eigenvalue weighted by Crippen LogP contribution is -2.33. The molecule has 0 aromatic heterocycles. The van der Waals surface area contributed by atoms with E-state index in [1.165, 1.54) is 6.42 Å². The zero-order valence-electron chi connectivity index (χ0n) is 7.13. The smallest absolute Gasteiger partial charge is 0.218 e. The van der Waals surface area contributed by atoms with Gasteiger partial charge in [0.2, 0.25) is 5.91 Å². The van der Waals surface area contributed by atoms with Crippen LogP contribution in [0.25, 0.3) is 0 Å². The van der Waals surface area contributed by atoms with Crippen LogP contribution in [-0.2, 0) is 4.79 Å². The van der Waals surface area contributed by atoms with Crippen molar-refractivity contribution in [1.82, 2.24) is 5.32 Å². The van der Waals surface area contributed by atoms with Gasteiger partial charge in [0.15, 0.2) is 0 Å². The first-order valence-corrected chi connectivity index (χ1v) is 4.14. The molecule has 0 radical (unpaired) electrons. The average Bonchev–Trinajstić information content (AvgIpc) is 2.43. The van der Waals surface area contributed by atoms with Crippen molar-refractivity contribution >= 4 is 5.91 Å². The highest BCUT2D eigenvalue weighted by Crippen LogP contribution is 2.29. The molecule has 0 heterocycles. The highest BCUT2D eigenvalue weighted by Gasteiger charge is 2.33. The van der Waals surface area contributed by atoms with Crippen LogP contribution < -0.4 is 11.1 Å². The van der Waals surface area contributed by atoms with Gasteiger partial charge in [0.25, 0.3) is 0 Å². The Morgan fingerprint density at radius 3 is 2.73 bits per heavy atom. The van der Waals surface area contributed by atoms with E-state index in [9.17, 15) is 4.79 Å². The molecule has 1 aliphatic carbocycles. The fourth-order valence-corrected chi connectivity index (χ4v) is 1.28. The summed E-state index contributed by atoms with van der Waals surface area (Å²) in [7, 11) is 0. The Labute approximate surface area is 67.3 Å². The first-order chi connectivity index (χ1) is 5.09. The van der Waals surface area contributed by atoms with E-state index in [2.05, 4.69) is 12.2 Å². The largest absolute Gasteiger partial charge is 0.370 e. The number of nitrogens with one attached hydrogen (secondary N) is 1. The molecule has 0 bridgehead atoms. The summed E-state index contributed by atoms with van der Waals surface area (Å²) >= 11 is 0. The molecule has 0 aromatic carbocycles. The third-order valence-corrected chi connectivity index (χ3v) is 2.12. The number of carbonyl (C=O) groups is 1. The van der Waals surface area contributed by atoms with Crippen LogP contribution in [-0.4, -0.2) is 18.0 Å². The maximum Gasteiger partial charge on any atom is 0.218 e. The lowest BCUT2D eigenvalue weighted by molar-refractivity contribution is -0.118. The summed E-state index contributed by atoms with van der Waals surface area (Å²) in [5, 5.41) is 3.33. The second-order valence-corrected chi connectivity index (χ2v) is 3.56. The van der Waals surface area contributed by atoms with E-state index in [-0.39, 0.29) is 11.9 Å². The van der Waals surface area contributed by atoms with E-state index in [0.29, 0.717) is 12.5 Å². The number of carbonyl (C=O) groups excluding carboxylic acids is 1. The minimum absolute atomic E-state index is 0.224. The van der Waals surface area contributed by atoms with Crippen LogP contribution in [0.1, 0.15) is 26.7 Å². The van der Waals surface area contributed by atoms with E-state index in [0.717, 1.165) is 5.92 Å². The summed E-state index contributed by atoms with van der Waals surface area (Å²) in [6.45, 7) is 4.20. The maximum absolute atomic E-state index is 10.5. The molecule has 3 nitrogen and oxygen atoms in total. The van der Waals surface area contributed by atoms with Crippen LogP contribution in [0.2, 0.25) is 0 Å². The first-order valence-electron chi connectivity index (χ1n) is 4.14. The SMILES string of the molecule is CC(CC(N)=O)NC1CC1C. The second-order valence-electron chi connectivity index (χ2n) is 3.56. The molecular weight excluding hydrogens is 140 g/mol. The summed E-state index contributed by atoms with van der Waals surface area (Å²) in [5.41, 5.74) is 5.05. The third-order valence-electron chi connectivity index (χ3n) is 2.12. The number of hydrogen-bond donors (Lipinski definition) is 2. The zero-order valence-corrected chi connectivity index (χ0v) is 7.13. The van der Waals surface area contributed by atoms with Gasteiger partial charge in [-0.05, 0) is 19.3 Å². The average molecular weight is 156 g/mol. The van der Waals surface area contributed by atoms with Crippen molar-refractivity contribution < 1.29 is 4.79 Å². The third kappa shape index (κ3) is 2.89. The van der Waals surface area contributed by atoms with Gasteiger partial charge in [-0.3, -0.25) is 4.79 Å². The molecule has 3 N–H and O–H groups in total. The Morgan fingerprint density at radius 1 is 1.82 bits per heavy atom. The second kappa shape index (κ2) is 3.22. The Balaban J connectivity index is 2.11. The minimum atomic E-state index is -0.224. The minimum Gasteiger partial charge on any atom is -0.370 e. The quantitative estimate of drug-likeness (QED) is 0.613. The topological polar surface area (TPSA) is 55.1 Å². The van der Waals surface area contributed by atoms with Crippen molar-refractivity contribution in [3.8, 4) is 0 Å². The van der Waals surface area contributed by atoms with E-state index in [1.54, 1.807) is 0 Å². The monoisotopic (exact) mass is 156 g/mol. The van der Waals surface area contributed by atoms with Crippen molar-refractivity contribution in [2.24, 2.45) is 11.7 Å². The summed E-state index contributed by atoms with van der Waals surface area (Å²) in [4.78, 5) is 10.5. The molecule has 1 aliphatic rings. The number of primary amides is 1. The molecule has 64 valence electrons. The zero-order chi connectivity index (χ0) is 8.43. The molecule has 0 spiro atoms. The predicted octanol–water partition coefficient (Wildman–Crippen LogP) is 0.248. The van der Waals surface area contributed by atoms with Gasteiger partial charge in [0.05, 0.1) is 0 Å². The van der Waals surface area contributed by atoms with E-state index < -0.39 is 0 Å². The van der Waals surface area contributed by atoms with Crippen molar-refractivity contribution in [2.45, 2.75) is 38.8 Å². The Kier molecular flexibility index (Phi) is 2.49. The van der Waals surface area contributed by atoms with Gasteiger partial charge in [0, 0.05) is 18.5 Å². The molecule has 1 rings (SSSR count). The Hall–Kier alpha value is -0.570. The van der Waals surface area contributed by atoms with Crippen LogP contribution in [0.5, 0.6) is 0 Å². The highest BCUT2D eigenvalue weighted by atomic mass is 16.1. The molecule has 1 saturated carbocycles. The Bertz CT molecular complexity index is 158. The van der Waals surface area contributed by atoms with Crippen LogP contribution >= 0.6 is 0 Å². The molecule has 0 aromatic rings. The van der Waals surface area contributed by atoms with E-state index >= 15 is 0 Å². The first kappa shape index (κ1) is 8.53. The van der Waals surface area contributed by atoms with E-state index in [1.807, 2.05) is 6.92 Å². The summed E-state index contributed by atoms with van der Waals surface area (Å²) in [6, 6.07) is 0.867. The van der Waals surface area contributed by atoms with Crippen molar-refractivity contribution in [2.75, 3.05) is 0 Å². The molecule has 1 fully saturated rings. The van der Waals surface area contributed by atoms with Crippen LogP contribution in [0.3, 0.4) is 0 Å². The molecule has 3 heteroatoms. The van der Waals surface area contributed by atoms with Crippen LogP contribution in [0.4, 0.5) is 0 Å². The summed E-state index contributed by atoms with van der Waals surface area (Å²) in [5.74, 6) is 0.559. The Morgan fingerprint density at radius 2 is 2.36 bits per heavy atom. The molecule has 11 heavy (non-hydrogen) atoms. The molecule has 0 aliphatic heterocycles. The van der Waals surface area contributed by atoms with Gasteiger partial charge in [0.1, 0.15) is 0 Å². The molecule has 3 atom stereocenters. The standard InChI is InChI=1S/C8H16N2O/c1-5-3-7(5)10-6(2)4-8(9)11/h5-7,10H,3-4H2,1-2H3,(H2,9,11).